The van der Waals surface area contributed by atoms with E-state index >= 15 is 0 Å². The standard InChI is InChI=1S/C3H4ClNO3P/c4-9(7)5-1-2-8-3(5)6/h1-2H2/q+1. The van der Waals surface area contributed by atoms with Crippen LogP contribution in [0.1, 0.15) is 0 Å². The molecular weight excluding hydrogens is 164 g/mol. The Bertz CT molecular complexity index is 161. The van der Waals surface area contributed by atoms with Crippen molar-refractivity contribution >= 4 is 24.6 Å². The maximum atomic E-state index is 10.5. The van der Waals surface area contributed by atoms with E-state index in [4.69, 9.17) is 11.2 Å². The first kappa shape index (κ1) is 6.78. The van der Waals surface area contributed by atoms with E-state index in [2.05, 4.69) is 4.74 Å². The summed E-state index contributed by atoms with van der Waals surface area (Å²) in [5, 5.41) is 0. The summed E-state index contributed by atoms with van der Waals surface area (Å²) in [6, 6.07) is 0. The predicted molar refractivity (Wildman–Crippen MR) is 31.5 cm³/mol. The lowest BCUT2D eigenvalue weighted by Crippen LogP contribution is -2.13. The van der Waals surface area contributed by atoms with E-state index in [-0.39, 0.29) is 6.61 Å². The molecule has 1 saturated heterocycles. The molecule has 1 unspecified atom stereocenters. The second-order valence-electron chi connectivity index (χ2n) is 1.46. The largest absolute Gasteiger partial charge is 0.590 e. The average molecular weight is 168 g/mol. The lowest BCUT2D eigenvalue weighted by atomic mass is 10.7. The fourth-order valence-electron chi connectivity index (χ4n) is 0.528. The van der Waals surface area contributed by atoms with Gasteiger partial charge in [-0.3, -0.25) is 0 Å². The molecule has 1 aliphatic heterocycles. The maximum absolute atomic E-state index is 10.5. The fraction of sp³-hybridized carbons (Fsp3) is 0.667. The first-order valence-corrected chi connectivity index (χ1v) is 4.41. The van der Waals surface area contributed by atoms with E-state index in [1.807, 2.05) is 0 Å². The molecule has 0 N–H and O–H groups in total. The highest BCUT2D eigenvalue weighted by atomic mass is 35.7. The second-order valence-corrected chi connectivity index (χ2v) is 3.27. The van der Waals surface area contributed by atoms with Gasteiger partial charge in [-0.2, -0.15) is 0 Å². The molecule has 0 saturated carbocycles. The van der Waals surface area contributed by atoms with Crippen molar-refractivity contribution in [3.05, 3.63) is 0 Å². The van der Waals surface area contributed by atoms with Gasteiger partial charge in [0.25, 0.3) is 0 Å². The Kier molecular flexibility index (Phi) is 1.88. The van der Waals surface area contributed by atoms with Crippen molar-refractivity contribution < 1.29 is 14.1 Å². The van der Waals surface area contributed by atoms with Crippen molar-refractivity contribution in [3.63, 3.8) is 0 Å². The van der Waals surface area contributed by atoms with Crippen LogP contribution in [0.4, 0.5) is 4.79 Å². The normalized spacial score (nSPS) is 19.9. The summed E-state index contributed by atoms with van der Waals surface area (Å²) in [6.45, 7) is 0.615. The summed E-state index contributed by atoms with van der Waals surface area (Å²) in [5.41, 5.74) is 0. The molecule has 9 heavy (non-hydrogen) atoms. The lowest BCUT2D eigenvalue weighted by Gasteiger charge is -1.89. The van der Waals surface area contributed by atoms with Crippen LogP contribution < -0.4 is 0 Å². The third kappa shape index (κ3) is 1.32. The highest BCUT2D eigenvalue weighted by molar-refractivity contribution is 7.72. The van der Waals surface area contributed by atoms with Gasteiger partial charge in [-0.25, -0.2) is 4.79 Å². The summed E-state index contributed by atoms with van der Waals surface area (Å²) in [7, 11) is -2.06. The molecule has 1 rings (SSSR count). The summed E-state index contributed by atoms with van der Waals surface area (Å²) >= 11 is 5.11. The van der Waals surface area contributed by atoms with E-state index < -0.39 is 13.4 Å². The first-order chi connectivity index (χ1) is 4.22. The monoisotopic (exact) mass is 168 g/mol. The number of rotatable bonds is 1. The SMILES string of the molecule is O=C1OCCN1[P+](=O)Cl. The van der Waals surface area contributed by atoms with Crippen LogP contribution in [0.15, 0.2) is 0 Å². The molecule has 50 valence electrons. The van der Waals surface area contributed by atoms with Crippen LogP contribution in [-0.4, -0.2) is 23.9 Å². The molecule has 1 heterocycles. The van der Waals surface area contributed by atoms with Crippen LogP contribution >= 0.6 is 18.5 Å². The first-order valence-electron chi connectivity index (χ1n) is 2.29. The minimum Gasteiger partial charge on any atom is -0.445 e. The third-order valence-corrected chi connectivity index (χ3v) is 2.22. The Morgan fingerprint density at radius 1 is 1.78 bits per heavy atom. The molecule has 0 aromatic carbocycles. The third-order valence-electron chi connectivity index (χ3n) is 0.929. The number of carbonyl (C=O) groups is 1. The van der Waals surface area contributed by atoms with Crippen molar-refractivity contribution in [3.8, 4) is 0 Å². The summed E-state index contributed by atoms with van der Waals surface area (Å²) in [5.74, 6) is 0. The van der Waals surface area contributed by atoms with E-state index in [1.165, 1.54) is 0 Å². The van der Waals surface area contributed by atoms with Crippen molar-refractivity contribution in [2.45, 2.75) is 0 Å². The number of amides is 1. The van der Waals surface area contributed by atoms with E-state index in [9.17, 15) is 9.36 Å². The molecule has 1 atom stereocenters. The summed E-state index contributed by atoms with van der Waals surface area (Å²) < 4.78 is 15.8. The number of hydrogen-bond donors (Lipinski definition) is 0. The van der Waals surface area contributed by atoms with E-state index in [1.54, 1.807) is 0 Å². The zero-order valence-electron chi connectivity index (χ0n) is 4.41. The van der Waals surface area contributed by atoms with Crippen molar-refractivity contribution in [2.75, 3.05) is 13.2 Å². The number of cyclic esters (lactones) is 1. The number of hydrogen-bond acceptors (Lipinski definition) is 3. The van der Waals surface area contributed by atoms with Gasteiger partial charge in [-0.15, -0.1) is 0 Å². The van der Waals surface area contributed by atoms with Gasteiger partial charge in [0.2, 0.25) is 11.2 Å². The van der Waals surface area contributed by atoms with E-state index in [0.29, 0.717) is 6.54 Å². The molecule has 0 spiro atoms. The second kappa shape index (κ2) is 2.50. The zero-order valence-corrected chi connectivity index (χ0v) is 6.06. The molecule has 0 aliphatic carbocycles. The molecule has 6 heteroatoms. The molecule has 0 aromatic rings. The smallest absolute Gasteiger partial charge is 0.445 e. The molecule has 1 fully saturated rings. The van der Waals surface area contributed by atoms with E-state index in [0.717, 1.165) is 4.67 Å². The summed E-state index contributed by atoms with van der Waals surface area (Å²) in [6.07, 6.45) is -0.592. The van der Waals surface area contributed by atoms with Crippen LogP contribution in [0.3, 0.4) is 0 Å². The Balaban J connectivity index is 2.60. The summed E-state index contributed by atoms with van der Waals surface area (Å²) in [4.78, 5) is 10.5. The molecule has 0 radical (unpaired) electrons. The number of ether oxygens (including phenoxy) is 1. The molecule has 4 nitrogen and oxygen atoms in total. The van der Waals surface area contributed by atoms with Crippen LogP contribution in [0.2, 0.25) is 0 Å². The lowest BCUT2D eigenvalue weighted by molar-refractivity contribution is 0.170. The molecule has 1 aliphatic rings. The topological polar surface area (TPSA) is 46.6 Å². The quantitative estimate of drug-likeness (QED) is 0.555. The minimum absolute atomic E-state index is 0.284. The van der Waals surface area contributed by atoms with Gasteiger partial charge >= 0.3 is 13.4 Å². The number of nitrogens with zero attached hydrogens (tertiary/aromatic N) is 1. The van der Waals surface area contributed by atoms with Crippen LogP contribution in [0.25, 0.3) is 0 Å². The Labute approximate surface area is 57.4 Å². The zero-order chi connectivity index (χ0) is 6.85. The predicted octanol–water partition coefficient (Wildman–Crippen LogP) is 1.33. The number of halogens is 1. The average Bonchev–Trinajstić information content (AvgIpc) is 2.13. The Morgan fingerprint density at radius 2 is 2.44 bits per heavy atom. The fourth-order valence-corrected chi connectivity index (χ4v) is 1.36. The van der Waals surface area contributed by atoms with Crippen molar-refractivity contribution in [2.24, 2.45) is 0 Å². The molecular formula is C3H4ClNO3P+. The molecule has 1 amide bonds. The highest BCUT2D eigenvalue weighted by Gasteiger charge is 2.37. The maximum Gasteiger partial charge on any atom is 0.590 e. The minimum atomic E-state index is -2.06. The van der Waals surface area contributed by atoms with Gasteiger partial charge in [-0.05, 0) is 4.57 Å². The van der Waals surface area contributed by atoms with Gasteiger partial charge in [0.15, 0.2) is 0 Å². The number of carbonyl (C=O) groups excluding carboxylic acids is 1. The van der Waals surface area contributed by atoms with Crippen molar-refractivity contribution in [1.29, 1.82) is 0 Å². The van der Waals surface area contributed by atoms with Gasteiger partial charge < -0.3 is 4.74 Å². The Hall–Kier alpha value is -0.340. The van der Waals surface area contributed by atoms with Crippen LogP contribution in [0.5, 0.6) is 0 Å². The molecule has 0 aromatic heterocycles. The van der Waals surface area contributed by atoms with Crippen LogP contribution in [-0.2, 0) is 9.30 Å². The van der Waals surface area contributed by atoms with Crippen LogP contribution in [0, 0.1) is 0 Å². The van der Waals surface area contributed by atoms with Crippen molar-refractivity contribution in [1.82, 2.24) is 4.67 Å². The van der Waals surface area contributed by atoms with Gasteiger partial charge in [0, 0.05) is 0 Å². The highest BCUT2D eigenvalue weighted by Crippen LogP contribution is 2.34. The Morgan fingerprint density at radius 3 is 2.67 bits per heavy atom. The van der Waals surface area contributed by atoms with Gasteiger partial charge in [0.05, 0.1) is 0 Å². The van der Waals surface area contributed by atoms with Gasteiger partial charge in [0.1, 0.15) is 13.2 Å². The molecule has 0 bridgehead atoms. The van der Waals surface area contributed by atoms with Gasteiger partial charge in [-0.1, -0.05) is 4.67 Å².